The fraction of sp³-hybridized carbons (Fsp3) is 0.263. The van der Waals surface area contributed by atoms with Crippen molar-refractivity contribution in [3.63, 3.8) is 0 Å². The minimum atomic E-state index is -3.74. The largest absolute Gasteiger partial charge is 0.324 e. The summed E-state index contributed by atoms with van der Waals surface area (Å²) in [5.74, 6) is -1.32. The molecule has 2 rings (SSSR count). The van der Waals surface area contributed by atoms with Gasteiger partial charge in [0, 0.05) is 25.6 Å². The molecule has 1 N–H and O–H groups in total. The molecule has 2 aromatic rings. The molecular weight excluding hydrogens is 407 g/mol. The number of hydrogen-bond donors (Lipinski definition) is 1. The number of Topliss-reactive ketones (excluding diaryl/α,β-unsaturated/α-hetero) is 1. The van der Waals surface area contributed by atoms with Crippen LogP contribution in [0, 0.1) is 5.82 Å². The molecule has 0 aliphatic heterocycles. The topological polar surface area (TPSA) is 83.6 Å². The van der Waals surface area contributed by atoms with E-state index in [1.807, 2.05) is 0 Å². The van der Waals surface area contributed by atoms with Gasteiger partial charge >= 0.3 is 0 Å². The van der Waals surface area contributed by atoms with Crippen LogP contribution in [0.15, 0.2) is 47.4 Å². The Morgan fingerprint density at radius 2 is 1.79 bits per heavy atom. The fourth-order valence-corrected chi connectivity index (χ4v) is 3.82. The van der Waals surface area contributed by atoms with Crippen LogP contribution in [0.4, 0.5) is 10.1 Å². The van der Waals surface area contributed by atoms with E-state index in [2.05, 4.69) is 5.32 Å². The zero-order chi connectivity index (χ0) is 20.9. The maximum absolute atomic E-state index is 13.8. The monoisotopic (exact) mass is 426 g/mol. The van der Waals surface area contributed by atoms with Crippen molar-refractivity contribution in [1.82, 2.24) is 4.31 Å². The van der Waals surface area contributed by atoms with Crippen LogP contribution in [0.25, 0.3) is 0 Å². The van der Waals surface area contributed by atoms with E-state index in [0.29, 0.717) is 5.56 Å². The van der Waals surface area contributed by atoms with E-state index in [9.17, 15) is 22.4 Å². The van der Waals surface area contributed by atoms with Crippen molar-refractivity contribution < 1.29 is 22.4 Å². The maximum atomic E-state index is 13.8. The second-order valence-corrected chi connectivity index (χ2v) is 8.61. The van der Waals surface area contributed by atoms with Crippen LogP contribution in [0.3, 0.4) is 0 Å². The molecule has 0 spiro atoms. The molecular formula is C19H20ClFN2O4S. The lowest BCUT2D eigenvalue weighted by Crippen LogP contribution is -2.28. The summed E-state index contributed by atoms with van der Waals surface area (Å²) in [6.07, 6.45) is 0.254. The van der Waals surface area contributed by atoms with Gasteiger partial charge in [-0.15, -0.1) is 0 Å². The number of sulfonamides is 1. The second-order valence-electron chi connectivity index (χ2n) is 6.16. The van der Waals surface area contributed by atoms with Crippen molar-refractivity contribution in [3.8, 4) is 0 Å². The van der Waals surface area contributed by atoms with Gasteiger partial charge in [-0.2, -0.15) is 0 Å². The quantitative estimate of drug-likeness (QED) is 0.652. The number of carbonyl (C=O) groups excluding carboxylic acids is 2. The number of rotatable bonds is 8. The van der Waals surface area contributed by atoms with Gasteiger partial charge in [-0.05, 0) is 37.6 Å². The first-order valence-electron chi connectivity index (χ1n) is 8.44. The van der Waals surface area contributed by atoms with Gasteiger partial charge in [-0.25, -0.2) is 17.1 Å². The van der Waals surface area contributed by atoms with E-state index in [1.165, 1.54) is 56.4 Å². The molecule has 28 heavy (non-hydrogen) atoms. The van der Waals surface area contributed by atoms with E-state index >= 15 is 0 Å². The Hall–Kier alpha value is -2.29. The number of carbonyl (C=O) groups is 2. The number of ketones is 1. The molecule has 0 atom stereocenters. The van der Waals surface area contributed by atoms with Crippen molar-refractivity contribution in [2.75, 3.05) is 18.9 Å². The lowest BCUT2D eigenvalue weighted by atomic mass is 10.2. The molecule has 0 fully saturated rings. The third-order valence-electron chi connectivity index (χ3n) is 4.07. The van der Waals surface area contributed by atoms with Crippen molar-refractivity contribution >= 4 is 39.0 Å². The predicted molar refractivity (Wildman–Crippen MR) is 106 cm³/mol. The van der Waals surface area contributed by atoms with E-state index in [4.69, 9.17) is 11.6 Å². The van der Waals surface area contributed by atoms with Crippen LogP contribution in [-0.2, 0) is 14.8 Å². The molecule has 0 unspecified atom stereocenters. The van der Waals surface area contributed by atoms with Gasteiger partial charge in [0.2, 0.25) is 15.9 Å². The van der Waals surface area contributed by atoms with E-state index in [1.54, 1.807) is 0 Å². The van der Waals surface area contributed by atoms with E-state index in [-0.39, 0.29) is 40.8 Å². The van der Waals surface area contributed by atoms with E-state index in [0.717, 1.165) is 4.31 Å². The third-order valence-corrected chi connectivity index (χ3v) is 6.23. The summed E-state index contributed by atoms with van der Waals surface area (Å²) >= 11 is 5.66. The lowest BCUT2D eigenvalue weighted by Gasteiger charge is -2.17. The number of halogens is 2. The molecule has 0 aliphatic carbocycles. The number of amides is 1. The standard InChI is InChI=1S/C19H20ClFN2O4S/c1-13(24)14-8-10-15(11-9-14)28(26,27)23(2)12-4-7-18(25)22-17-6-3-5-16(20)19(17)21/h3,5-6,8-11H,4,7,12H2,1-2H3,(H,22,25). The van der Waals surface area contributed by atoms with Crippen molar-refractivity contribution in [2.24, 2.45) is 0 Å². The Labute approximate surface area is 168 Å². The fourth-order valence-electron chi connectivity index (χ4n) is 2.44. The van der Waals surface area contributed by atoms with Crippen LogP contribution < -0.4 is 5.32 Å². The molecule has 0 bridgehead atoms. The summed E-state index contributed by atoms with van der Waals surface area (Å²) in [5.41, 5.74) is 0.399. The number of nitrogens with zero attached hydrogens (tertiary/aromatic N) is 1. The molecule has 0 heterocycles. The summed E-state index contributed by atoms with van der Waals surface area (Å²) in [5, 5.41) is 2.32. The molecule has 0 saturated carbocycles. The first-order chi connectivity index (χ1) is 13.1. The molecule has 0 saturated heterocycles. The Balaban J connectivity index is 1.91. The first kappa shape index (κ1) is 22.0. The van der Waals surface area contributed by atoms with E-state index < -0.39 is 21.7 Å². The Morgan fingerprint density at radius 3 is 2.39 bits per heavy atom. The predicted octanol–water partition coefficient (Wildman–Crippen LogP) is 3.72. The summed E-state index contributed by atoms with van der Waals surface area (Å²) in [6, 6.07) is 9.93. The van der Waals surface area contributed by atoms with Gasteiger partial charge in [0.1, 0.15) is 0 Å². The number of nitrogens with one attached hydrogen (secondary N) is 1. The highest BCUT2D eigenvalue weighted by Crippen LogP contribution is 2.22. The summed E-state index contributed by atoms with van der Waals surface area (Å²) in [6.45, 7) is 1.50. The van der Waals surface area contributed by atoms with Gasteiger partial charge in [0.25, 0.3) is 0 Å². The van der Waals surface area contributed by atoms with Crippen molar-refractivity contribution in [3.05, 3.63) is 58.9 Å². The average Bonchev–Trinajstić information content (AvgIpc) is 2.65. The van der Waals surface area contributed by atoms with Gasteiger partial charge in [-0.3, -0.25) is 9.59 Å². The van der Waals surface area contributed by atoms with Crippen molar-refractivity contribution in [2.45, 2.75) is 24.7 Å². The molecule has 9 heteroatoms. The van der Waals surface area contributed by atoms with Gasteiger partial charge in [-0.1, -0.05) is 29.8 Å². The lowest BCUT2D eigenvalue weighted by molar-refractivity contribution is -0.116. The molecule has 0 aliphatic rings. The molecule has 1 amide bonds. The highest BCUT2D eigenvalue weighted by Gasteiger charge is 2.21. The molecule has 150 valence electrons. The zero-order valence-corrected chi connectivity index (χ0v) is 17.0. The zero-order valence-electron chi connectivity index (χ0n) is 15.4. The molecule has 0 aromatic heterocycles. The summed E-state index contributed by atoms with van der Waals surface area (Å²) in [4.78, 5) is 23.3. The van der Waals surface area contributed by atoms with Gasteiger partial charge in [0.15, 0.2) is 11.6 Å². The van der Waals surface area contributed by atoms with Crippen LogP contribution in [-0.4, -0.2) is 38.0 Å². The minimum absolute atomic E-state index is 0.00902. The first-order valence-corrected chi connectivity index (χ1v) is 10.3. The summed E-state index contributed by atoms with van der Waals surface area (Å²) < 4.78 is 40.0. The SMILES string of the molecule is CC(=O)c1ccc(S(=O)(=O)N(C)CCCC(=O)Nc2cccc(Cl)c2F)cc1. The van der Waals surface area contributed by atoms with Crippen LogP contribution >= 0.6 is 11.6 Å². The van der Waals surface area contributed by atoms with Crippen LogP contribution in [0.2, 0.25) is 5.02 Å². The van der Waals surface area contributed by atoms with Gasteiger partial charge < -0.3 is 5.32 Å². The Bertz CT molecular complexity index is 978. The Kier molecular flexibility index (Phi) is 7.29. The Morgan fingerprint density at radius 1 is 1.14 bits per heavy atom. The number of benzene rings is 2. The number of anilines is 1. The van der Waals surface area contributed by atoms with Crippen LogP contribution in [0.5, 0.6) is 0 Å². The highest BCUT2D eigenvalue weighted by molar-refractivity contribution is 7.89. The molecule has 6 nitrogen and oxygen atoms in total. The van der Waals surface area contributed by atoms with Gasteiger partial charge in [0.05, 0.1) is 15.6 Å². The average molecular weight is 427 g/mol. The maximum Gasteiger partial charge on any atom is 0.242 e. The molecule has 2 aromatic carbocycles. The van der Waals surface area contributed by atoms with Crippen LogP contribution in [0.1, 0.15) is 30.1 Å². The normalized spacial score (nSPS) is 11.5. The highest BCUT2D eigenvalue weighted by atomic mass is 35.5. The molecule has 0 radical (unpaired) electrons. The third kappa shape index (κ3) is 5.37. The smallest absolute Gasteiger partial charge is 0.242 e. The second kappa shape index (κ2) is 9.27. The minimum Gasteiger partial charge on any atom is -0.324 e. The number of hydrogen-bond acceptors (Lipinski definition) is 4. The summed E-state index contributed by atoms with van der Waals surface area (Å²) in [7, 11) is -2.33. The van der Waals surface area contributed by atoms with Crippen molar-refractivity contribution in [1.29, 1.82) is 0 Å².